The van der Waals surface area contributed by atoms with Gasteiger partial charge in [-0.15, -0.1) is 11.3 Å². The Balaban J connectivity index is 1.31. The number of urea groups is 1. The molecule has 0 aliphatic carbocycles. The number of aryl methyl sites for hydroxylation is 1. The third kappa shape index (κ3) is 4.71. The molecule has 3 heterocycles. The van der Waals surface area contributed by atoms with Crippen molar-refractivity contribution in [2.75, 3.05) is 17.2 Å². The Morgan fingerprint density at radius 2 is 2.16 bits per heavy atom. The molecule has 3 aromatic heterocycles. The molecular weight excluding hydrogens is 440 g/mol. The molecule has 0 fully saturated rings. The molecule has 0 aliphatic heterocycles. The number of hydrogen-bond acceptors (Lipinski definition) is 8. The Hall–Kier alpha value is -3.75. The van der Waals surface area contributed by atoms with Crippen molar-refractivity contribution >= 4 is 50.8 Å². The summed E-state index contributed by atoms with van der Waals surface area (Å²) in [7, 11) is 1.80. The lowest BCUT2D eigenvalue weighted by Gasteiger charge is -2.06. The van der Waals surface area contributed by atoms with Gasteiger partial charge in [-0.2, -0.15) is 15.3 Å². The maximum Gasteiger partial charge on any atom is 0.325 e. The molecule has 1 aromatic carbocycles. The van der Waals surface area contributed by atoms with Crippen LogP contribution in [0.5, 0.6) is 5.88 Å². The summed E-state index contributed by atoms with van der Waals surface area (Å²) in [5.74, 6) is 0.466. The monoisotopic (exact) mass is 454 g/mol. The number of amides is 2. The Morgan fingerprint density at radius 1 is 1.29 bits per heavy atom. The molecule has 10 nitrogen and oxygen atoms in total. The first-order valence-corrected chi connectivity index (χ1v) is 10.2. The van der Waals surface area contributed by atoms with Gasteiger partial charge in [-0.25, -0.2) is 14.8 Å². The number of fused-ring (bicyclic) bond motifs is 1. The molecule has 4 aromatic rings. The molecule has 0 aliphatic rings. The van der Waals surface area contributed by atoms with Crippen molar-refractivity contribution in [3.05, 3.63) is 52.4 Å². The van der Waals surface area contributed by atoms with Gasteiger partial charge in [0.25, 0.3) is 0 Å². The molecule has 0 atom stereocenters. The fourth-order valence-electron chi connectivity index (χ4n) is 2.75. The highest BCUT2D eigenvalue weighted by molar-refractivity contribution is 7.15. The minimum absolute atomic E-state index is 0.268. The van der Waals surface area contributed by atoms with E-state index in [1.165, 1.54) is 29.8 Å². The fraction of sp³-hybridized carbons (Fsp3) is 0.158. The van der Waals surface area contributed by atoms with Crippen molar-refractivity contribution in [2.24, 2.45) is 7.05 Å². The summed E-state index contributed by atoms with van der Waals surface area (Å²) in [6, 6.07) is 6.15. The van der Waals surface area contributed by atoms with E-state index in [0.717, 1.165) is 10.4 Å². The fourth-order valence-corrected chi connectivity index (χ4v) is 3.76. The molecule has 2 N–H and O–H groups in total. The number of benzene rings is 1. The molecule has 2 amide bonds. The van der Waals surface area contributed by atoms with E-state index in [-0.39, 0.29) is 5.02 Å². The maximum absolute atomic E-state index is 12.2. The Labute approximate surface area is 185 Å². The van der Waals surface area contributed by atoms with Crippen LogP contribution in [0.15, 0.2) is 36.9 Å². The van der Waals surface area contributed by atoms with E-state index in [2.05, 4.69) is 30.7 Å². The van der Waals surface area contributed by atoms with E-state index >= 15 is 0 Å². The summed E-state index contributed by atoms with van der Waals surface area (Å²) in [6.45, 7) is 0.384. The van der Waals surface area contributed by atoms with E-state index in [0.29, 0.717) is 40.8 Å². The van der Waals surface area contributed by atoms with Crippen LogP contribution in [0.2, 0.25) is 5.02 Å². The largest absolute Gasteiger partial charge is 0.476 e. The molecule has 4 rings (SSSR count). The summed E-state index contributed by atoms with van der Waals surface area (Å²) >= 11 is 7.32. The Kier molecular flexibility index (Phi) is 5.92. The SMILES string of the molecule is Cn1ncc2ncnc(OCCc3cnc(NC(=O)Nc4ccc(C#N)c(Cl)c4)s3)c21. The second kappa shape index (κ2) is 8.95. The second-order valence-corrected chi connectivity index (χ2v) is 7.82. The minimum atomic E-state index is -0.461. The van der Waals surface area contributed by atoms with Crippen LogP contribution in [0.4, 0.5) is 15.6 Å². The van der Waals surface area contributed by atoms with Crippen LogP contribution in [0, 0.1) is 11.3 Å². The molecule has 156 valence electrons. The summed E-state index contributed by atoms with van der Waals surface area (Å²) < 4.78 is 7.46. The zero-order valence-corrected chi connectivity index (χ0v) is 17.7. The number of ether oxygens (including phenoxy) is 1. The number of aromatic nitrogens is 5. The number of carbonyl (C=O) groups is 1. The van der Waals surface area contributed by atoms with Gasteiger partial charge in [-0.3, -0.25) is 10.00 Å². The van der Waals surface area contributed by atoms with Crippen molar-refractivity contribution < 1.29 is 9.53 Å². The van der Waals surface area contributed by atoms with Crippen LogP contribution in [-0.2, 0) is 13.5 Å². The molecular formula is C19H15ClN8O2S. The Morgan fingerprint density at radius 3 is 2.97 bits per heavy atom. The van der Waals surface area contributed by atoms with E-state index < -0.39 is 6.03 Å². The maximum atomic E-state index is 12.2. The molecule has 0 saturated heterocycles. The standard InChI is InChI=1S/C19H15ClN8O2S/c1-28-16-15(9-25-28)23-10-24-17(16)30-5-4-13-8-22-19(31-13)27-18(29)26-12-3-2-11(7-21)14(20)6-12/h2-3,6,8-10H,4-5H2,1H3,(H2,22,26,27,29). The predicted octanol–water partition coefficient (Wildman–Crippen LogP) is 3.61. The number of halogens is 1. The van der Waals surface area contributed by atoms with Crippen LogP contribution >= 0.6 is 22.9 Å². The lowest BCUT2D eigenvalue weighted by molar-refractivity contribution is 0.262. The predicted molar refractivity (Wildman–Crippen MR) is 116 cm³/mol. The lowest BCUT2D eigenvalue weighted by Crippen LogP contribution is -2.19. The number of nitriles is 1. The third-order valence-electron chi connectivity index (χ3n) is 4.20. The van der Waals surface area contributed by atoms with E-state index in [1.807, 2.05) is 6.07 Å². The average Bonchev–Trinajstić information content (AvgIpc) is 3.35. The average molecular weight is 455 g/mol. The zero-order valence-electron chi connectivity index (χ0n) is 16.2. The smallest absolute Gasteiger partial charge is 0.325 e. The second-order valence-electron chi connectivity index (χ2n) is 6.30. The summed E-state index contributed by atoms with van der Waals surface area (Å²) in [5.41, 5.74) is 2.25. The lowest BCUT2D eigenvalue weighted by atomic mass is 10.2. The number of thiazole rings is 1. The summed E-state index contributed by atoms with van der Waals surface area (Å²) in [6.07, 6.45) is 5.37. The summed E-state index contributed by atoms with van der Waals surface area (Å²) in [5, 5.41) is 19.1. The van der Waals surface area contributed by atoms with E-state index in [9.17, 15) is 4.79 Å². The molecule has 31 heavy (non-hydrogen) atoms. The Bertz CT molecular complexity index is 1300. The van der Waals surface area contributed by atoms with Gasteiger partial charge in [0.05, 0.1) is 23.4 Å². The molecule has 0 radical (unpaired) electrons. The normalized spacial score (nSPS) is 10.6. The van der Waals surface area contributed by atoms with Crippen LogP contribution in [0.25, 0.3) is 11.0 Å². The number of anilines is 2. The summed E-state index contributed by atoms with van der Waals surface area (Å²) in [4.78, 5) is 25.6. The van der Waals surface area contributed by atoms with Gasteiger partial charge in [0, 0.05) is 30.2 Å². The molecule has 0 saturated carbocycles. The third-order valence-corrected chi connectivity index (χ3v) is 5.49. The number of rotatable bonds is 6. The van der Waals surface area contributed by atoms with E-state index in [4.69, 9.17) is 21.6 Å². The van der Waals surface area contributed by atoms with Crippen molar-refractivity contribution in [1.82, 2.24) is 24.7 Å². The molecule has 0 bridgehead atoms. The van der Waals surface area contributed by atoms with Gasteiger partial charge in [0.2, 0.25) is 5.88 Å². The highest BCUT2D eigenvalue weighted by Crippen LogP contribution is 2.23. The number of carbonyl (C=O) groups excluding carboxylic acids is 1. The van der Waals surface area contributed by atoms with Crippen LogP contribution in [0.3, 0.4) is 0 Å². The molecule has 0 spiro atoms. The highest BCUT2D eigenvalue weighted by atomic mass is 35.5. The van der Waals surface area contributed by atoms with Gasteiger partial charge in [0.15, 0.2) is 5.13 Å². The quantitative estimate of drug-likeness (QED) is 0.455. The van der Waals surface area contributed by atoms with Gasteiger partial charge in [0.1, 0.15) is 23.4 Å². The van der Waals surface area contributed by atoms with Gasteiger partial charge >= 0.3 is 6.03 Å². The van der Waals surface area contributed by atoms with Crippen molar-refractivity contribution in [2.45, 2.75) is 6.42 Å². The zero-order chi connectivity index (χ0) is 21.8. The number of hydrogen-bond donors (Lipinski definition) is 2. The van der Waals surface area contributed by atoms with Gasteiger partial charge in [-0.1, -0.05) is 11.6 Å². The molecule has 12 heteroatoms. The van der Waals surface area contributed by atoms with Crippen LogP contribution in [0.1, 0.15) is 10.4 Å². The topological polar surface area (TPSA) is 131 Å². The van der Waals surface area contributed by atoms with Crippen LogP contribution in [-0.4, -0.2) is 37.4 Å². The first-order chi connectivity index (χ1) is 15.0. The number of nitrogens with zero attached hydrogens (tertiary/aromatic N) is 6. The van der Waals surface area contributed by atoms with Crippen molar-refractivity contribution in [1.29, 1.82) is 5.26 Å². The first kappa shape index (κ1) is 20.5. The first-order valence-electron chi connectivity index (χ1n) is 9.01. The van der Waals surface area contributed by atoms with Gasteiger partial charge in [-0.05, 0) is 18.2 Å². The number of nitrogens with one attached hydrogen (secondary N) is 2. The van der Waals surface area contributed by atoms with Gasteiger partial charge < -0.3 is 10.1 Å². The van der Waals surface area contributed by atoms with Crippen molar-refractivity contribution in [3.8, 4) is 11.9 Å². The van der Waals surface area contributed by atoms with Crippen molar-refractivity contribution in [3.63, 3.8) is 0 Å². The highest BCUT2D eigenvalue weighted by Gasteiger charge is 2.11. The van der Waals surface area contributed by atoms with Crippen LogP contribution < -0.4 is 15.4 Å². The molecule has 0 unspecified atom stereocenters. The minimum Gasteiger partial charge on any atom is -0.476 e. The van der Waals surface area contributed by atoms with E-state index in [1.54, 1.807) is 30.2 Å².